The number of nitrogens with one attached hydrogen (secondary N) is 1. The molecular weight excluding hydrogens is 276 g/mol. The van der Waals surface area contributed by atoms with E-state index in [-0.39, 0.29) is 18.4 Å². The minimum atomic E-state index is -2.84. The Morgan fingerprint density at radius 1 is 1.05 bits per heavy atom. The summed E-state index contributed by atoms with van der Waals surface area (Å²) in [4.78, 5) is 0. The van der Waals surface area contributed by atoms with Gasteiger partial charge in [0.1, 0.15) is 5.75 Å². The van der Waals surface area contributed by atoms with Gasteiger partial charge in [0.05, 0.1) is 12.6 Å². The quantitative estimate of drug-likeness (QED) is 0.852. The summed E-state index contributed by atoms with van der Waals surface area (Å²) in [5.74, 6) is 0.0979. The molecule has 5 heteroatoms. The summed E-state index contributed by atoms with van der Waals surface area (Å²) in [5.41, 5.74) is 2.82. The first-order valence-corrected chi connectivity index (χ1v) is 6.57. The largest absolute Gasteiger partial charge is 0.435 e. The first kappa shape index (κ1) is 15.3. The molecule has 0 fully saturated rings. The van der Waals surface area contributed by atoms with Crippen molar-refractivity contribution in [2.75, 3.05) is 11.9 Å². The summed E-state index contributed by atoms with van der Waals surface area (Å²) in [6, 6.07) is 13.7. The highest BCUT2D eigenvalue weighted by atomic mass is 19.3. The van der Waals surface area contributed by atoms with Gasteiger partial charge in [-0.25, -0.2) is 0 Å². The van der Waals surface area contributed by atoms with Crippen molar-refractivity contribution in [3.63, 3.8) is 0 Å². The third-order valence-corrected chi connectivity index (χ3v) is 3.08. The number of alkyl halides is 2. The van der Waals surface area contributed by atoms with Crippen LogP contribution in [0.4, 0.5) is 14.5 Å². The Morgan fingerprint density at radius 2 is 1.67 bits per heavy atom. The van der Waals surface area contributed by atoms with Crippen LogP contribution >= 0.6 is 0 Å². The molecule has 0 bridgehead atoms. The number of rotatable bonds is 6. The molecule has 2 aromatic rings. The van der Waals surface area contributed by atoms with Gasteiger partial charge < -0.3 is 15.2 Å². The average molecular weight is 293 g/mol. The standard InChI is InChI=1S/C16H17F2NO2/c1-11-2-6-13(7-3-11)19-15(10-20)12-4-8-14(9-5-12)21-16(17)18/h2-9,15-16,19-20H,10H2,1H3. The molecule has 1 atom stereocenters. The molecule has 0 aromatic heterocycles. The lowest BCUT2D eigenvalue weighted by atomic mass is 10.1. The van der Waals surface area contributed by atoms with E-state index in [0.717, 1.165) is 16.8 Å². The van der Waals surface area contributed by atoms with Gasteiger partial charge in [0.25, 0.3) is 0 Å². The predicted octanol–water partition coefficient (Wildman–Crippen LogP) is 3.74. The molecule has 2 N–H and O–H groups in total. The molecule has 3 nitrogen and oxygen atoms in total. The molecule has 112 valence electrons. The molecule has 0 heterocycles. The van der Waals surface area contributed by atoms with E-state index in [1.807, 2.05) is 31.2 Å². The highest BCUT2D eigenvalue weighted by molar-refractivity contribution is 5.47. The van der Waals surface area contributed by atoms with E-state index in [1.165, 1.54) is 12.1 Å². The van der Waals surface area contributed by atoms with Crippen LogP contribution in [0, 0.1) is 6.92 Å². The number of anilines is 1. The second kappa shape index (κ2) is 7.04. The predicted molar refractivity (Wildman–Crippen MR) is 77.7 cm³/mol. The van der Waals surface area contributed by atoms with Crippen LogP contribution in [0.15, 0.2) is 48.5 Å². The number of aliphatic hydroxyl groups excluding tert-OH is 1. The van der Waals surface area contributed by atoms with Crippen molar-refractivity contribution in [1.82, 2.24) is 0 Å². The molecule has 0 radical (unpaired) electrons. The van der Waals surface area contributed by atoms with Crippen LogP contribution < -0.4 is 10.1 Å². The number of hydrogen-bond acceptors (Lipinski definition) is 3. The van der Waals surface area contributed by atoms with Crippen molar-refractivity contribution in [3.8, 4) is 5.75 Å². The van der Waals surface area contributed by atoms with Crippen LogP contribution in [-0.4, -0.2) is 18.3 Å². The highest BCUT2D eigenvalue weighted by Crippen LogP contribution is 2.22. The van der Waals surface area contributed by atoms with E-state index in [2.05, 4.69) is 10.1 Å². The molecule has 1 unspecified atom stereocenters. The zero-order valence-electron chi connectivity index (χ0n) is 11.6. The van der Waals surface area contributed by atoms with Crippen molar-refractivity contribution in [2.45, 2.75) is 19.6 Å². The molecule has 0 aliphatic carbocycles. The molecule has 0 saturated heterocycles. The topological polar surface area (TPSA) is 41.5 Å². The van der Waals surface area contributed by atoms with Crippen LogP contribution in [0.2, 0.25) is 0 Å². The third kappa shape index (κ3) is 4.43. The van der Waals surface area contributed by atoms with Crippen molar-refractivity contribution in [1.29, 1.82) is 0 Å². The Hall–Kier alpha value is -2.14. The maximum atomic E-state index is 12.1. The monoisotopic (exact) mass is 293 g/mol. The summed E-state index contributed by atoms with van der Waals surface area (Å²) in [6.07, 6.45) is 0. The van der Waals surface area contributed by atoms with Gasteiger partial charge in [-0.1, -0.05) is 29.8 Å². The molecule has 0 aliphatic rings. The van der Waals surface area contributed by atoms with Gasteiger partial charge in [0.15, 0.2) is 0 Å². The Bertz CT molecular complexity index is 555. The molecule has 0 spiro atoms. The molecular formula is C16H17F2NO2. The summed E-state index contributed by atoms with van der Waals surface area (Å²) < 4.78 is 28.5. The average Bonchev–Trinajstić information content (AvgIpc) is 2.47. The fourth-order valence-corrected chi connectivity index (χ4v) is 1.97. The zero-order chi connectivity index (χ0) is 15.2. The fourth-order valence-electron chi connectivity index (χ4n) is 1.97. The van der Waals surface area contributed by atoms with E-state index in [9.17, 15) is 13.9 Å². The van der Waals surface area contributed by atoms with Gasteiger partial charge in [-0.05, 0) is 36.8 Å². The zero-order valence-corrected chi connectivity index (χ0v) is 11.6. The summed E-state index contributed by atoms with van der Waals surface area (Å²) >= 11 is 0. The highest BCUT2D eigenvalue weighted by Gasteiger charge is 2.11. The summed E-state index contributed by atoms with van der Waals surface area (Å²) in [6.45, 7) is -0.951. The number of hydrogen-bond donors (Lipinski definition) is 2. The minimum Gasteiger partial charge on any atom is -0.435 e. The normalized spacial score (nSPS) is 12.2. The lowest BCUT2D eigenvalue weighted by molar-refractivity contribution is -0.0498. The van der Waals surface area contributed by atoms with E-state index in [1.54, 1.807) is 12.1 Å². The SMILES string of the molecule is Cc1ccc(NC(CO)c2ccc(OC(F)F)cc2)cc1. The molecule has 21 heavy (non-hydrogen) atoms. The molecule has 2 rings (SSSR count). The number of benzene rings is 2. The maximum absolute atomic E-state index is 12.1. The molecule has 0 saturated carbocycles. The van der Waals surface area contributed by atoms with Crippen LogP contribution in [0.5, 0.6) is 5.75 Å². The van der Waals surface area contributed by atoms with Crippen LogP contribution in [0.25, 0.3) is 0 Å². The first-order valence-electron chi connectivity index (χ1n) is 6.57. The van der Waals surface area contributed by atoms with Gasteiger partial charge in [-0.2, -0.15) is 8.78 Å². The van der Waals surface area contributed by atoms with Crippen molar-refractivity contribution < 1.29 is 18.6 Å². The lowest BCUT2D eigenvalue weighted by Gasteiger charge is -2.18. The van der Waals surface area contributed by atoms with Gasteiger partial charge in [-0.3, -0.25) is 0 Å². The van der Waals surface area contributed by atoms with Crippen LogP contribution in [0.1, 0.15) is 17.2 Å². The number of aliphatic hydroxyl groups is 1. The van der Waals surface area contributed by atoms with Crippen molar-refractivity contribution in [3.05, 3.63) is 59.7 Å². The van der Waals surface area contributed by atoms with Crippen molar-refractivity contribution in [2.24, 2.45) is 0 Å². The fraction of sp³-hybridized carbons (Fsp3) is 0.250. The molecule has 2 aromatic carbocycles. The molecule has 0 amide bonds. The number of ether oxygens (including phenoxy) is 1. The van der Waals surface area contributed by atoms with Gasteiger partial charge in [-0.15, -0.1) is 0 Å². The second-order valence-electron chi connectivity index (χ2n) is 4.69. The Morgan fingerprint density at radius 3 is 2.19 bits per heavy atom. The Balaban J connectivity index is 2.08. The number of aryl methyl sites for hydroxylation is 1. The van der Waals surface area contributed by atoms with Gasteiger partial charge in [0, 0.05) is 5.69 Å². The first-order chi connectivity index (χ1) is 10.1. The van der Waals surface area contributed by atoms with E-state index < -0.39 is 6.61 Å². The second-order valence-corrected chi connectivity index (χ2v) is 4.69. The van der Waals surface area contributed by atoms with E-state index in [4.69, 9.17) is 0 Å². The lowest BCUT2D eigenvalue weighted by Crippen LogP contribution is -2.14. The molecule has 0 aliphatic heterocycles. The summed E-state index contributed by atoms with van der Waals surface area (Å²) in [7, 11) is 0. The Labute approximate surface area is 122 Å². The van der Waals surface area contributed by atoms with Crippen LogP contribution in [-0.2, 0) is 0 Å². The van der Waals surface area contributed by atoms with Gasteiger partial charge >= 0.3 is 6.61 Å². The van der Waals surface area contributed by atoms with Gasteiger partial charge in [0.2, 0.25) is 0 Å². The maximum Gasteiger partial charge on any atom is 0.387 e. The van der Waals surface area contributed by atoms with Crippen molar-refractivity contribution >= 4 is 5.69 Å². The minimum absolute atomic E-state index is 0.0979. The summed E-state index contributed by atoms with van der Waals surface area (Å²) in [5, 5.41) is 12.7. The number of halogens is 2. The van der Waals surface area contributed by atoms with E-state index >= 15 is 0 Å². The van der Waals surface area contributed by atoms with E-state index in [0.29, 0.717) is 0 Å². The smallest absolute Gasteiger partial charge is 0.387 e. The Kier molecular flexibility index (Phi) is 5.11. The van der Waals surface area contributed by atoms with Crippen LogP contribution in [0.3, 0.4) is 0 Å². The third-order valence-electron chi connectivity index (χ3n) is 3.08.